The van der Waals surface area contributed by atoms with Crippen LogP contribution in [0.2, 0.25) is 0 Å². The Labute approximate surface area is 167 Å². The number of benzene rings is 3. The van der Waals surface area contributed by atoms with Crippen molar-refractivity contribution in [3.8, 4) is 17.2 Å². The average Bonchev–Trinajstić information content (AvgIpc) is 2.67. The van der Waals surface area contributed by atoms with Crippen LogP contribution >= 0.6 is 0 Å². The second-order valence-corrected chi connectivity index (χ2v) is 5.42. The van der Waals surface area contributed by atoms with Crippen LogP contribution in [-0.4, -0.2) is 19.5 Å². The third-order valence-corrected chi connectivity index (χ3v) is 3.72. The van der Waals surface area contributed by atoms with Gasteiger partial charge in [-0.15, -0.1) is 5.75 Å². The summed E-state index contributed by atoms with van der Waals surface area (Å²) in [4.78, 5) is 8.74. The Morgan fingerprint density at radius 3 is 1.93 bits per heavy atom. The van der Waals surface area contributed by atoms with Crippen molar-refractivity contribution >= 4 is 23.8 Å². The first kappa shape index (κ1) is 20.2. The Kier molecular flexibility index (Phi) is 7.15. The van der Waals surface area contributed by atoms with Gasteiger partial charge in [0.05, 0.1) is 18.5 Å². The van der Waals surface area contributed by atoms with E-state index in [9.17, 15) is 10.2 Å². The van der Waals surface area contributed by atoms with Crippen LogP contribution in [0, 0.1) is 0 Å². The van der Waals surface area contributed by atoms with E-state index in [2.05, 4.69) is 9.98 Å². The summed E-state index contributed by atoms with van der Waals surface area (Å²) < 4.78 is 5.03. The van der Waals surface area contributed by atoms with Gasteiger partial charge in [-0.2, -0.15) is 0 Å². The standard InChI is InChI=1S/C21H18N2O3.Ni/c1-26-20-12-6-8-16(21(20)25)14-23-18-10-4-3-9-17(18)22-13-15-7-2-5-11-19(15)24;/h2-14,24-25H,1H3;/q;+2/p-2. The number of hydrogen-bond acceptors (Lipinski definition) is 5. The zero-order valence-corrected chi connectivity index (χ0v) is 15.4. The number of aliphatic imine (C=N–C) groups is 2. The van der Waals surface area contributed by atoms with Gasteiger partial charge < -0.3 is 14.9 Å². The summed E-state index contributed by atoms with van der Waals surface area (Å²) in [5.41, 5.74) is 2.12. The zero-order chi connectivity index (χ0) is 18.4. The van der Waals surface area contributed by atoms with Crippen LogP contribution in [0.4, 0.5) is 11.4 Å². The number of nitrogens with zero attached hydrogens (tertiary/aromatic N) is 2. The molecule has 0 aliphatic rings. The van der Waals surface area contributed by atoms with Gasteiger partial charge >= 0.3 is 16.5 Å². The van der Waals surface area contributed by atoms with Crippen LogP contribution in [0.5, 0.6) is 17.2 Å². The molecule has 0 unspecified atom stereocenters. The van der Waals surface area contributed by atoms with Crippen LogP contribution in [0.1, 0.15) is 11.1 Å². The van der Waals surface area contributed by atoms with Gasteiger partial charge in [0.2, 0.25) is 0 Å². The maximum Gasteiger partial charge on any atom is 2.00 e. The monoisotopic (exact) mass is 402 g/mol. The number of para-hydroxylation sites is 4. The van der Waals surface area contributed by atoms with Crippen molar-refractivity contribution in [3.05, 3.63) is 77.9 Å². The largest absolute Gasteiger partial charge is 2.00 e. The molecule has 0 radical (unpaired) electrons. The Morgan fingerprint density at radius 2 is 1.30 bits per heavy atom. The van der Waals surface area contributed by atoms with E-state index in [4.69, 9.17) is 4.74 Å². The molecular weight excluding hydrogens is 387 g/mol. The molecule has 3 aromatic carbocycles. The van der Waals surface area contributed by atoms with E-state index in [1.165, 1.54) is 25.6 Å². The molecule has 3 rings (SSSR count). The summed E-state index contributed by atoms with van der Waals surface area (Å²) in [6, 6.07) is 18.9. The van der Waals surface area contributed by atoms with Crippen molar-refractivity contribution in [3.63, 3.8) is 0 Å². The van der Waals surface area contributed by atoms with Gasteiger partial charge in [0, 0.05) is 12.4 Å². The maximum atomic E-state index is 12.2. The van der Waals surface area contributed by atoms with E-state index >= 15 is 0 Å². The van der Waals surface area contributed by atoms with E-state index in [0.717, 1.165) is 0 Å². The SMILES string of the molecule is COc1cccc(C=Nc2ccccc2N=Cc2ccccc2[O-])c1[O-].[Ni+2]. The Morgan fingerprint density at radius 1 is 0.741 bits per heavy atom. The second kappa shape index (κ2) is 9.55. The predicted molar refractivity (Wildman–Crippen MR) is 99.3 cm³/mol. The summed E-state index contributed by atoms with van der Waals surface area (Å²) in [5, 5.41) is 23.9. The van der Waals surface area contributed by atoms with Crippen LogP contribution in [-0.2, 0) is 16.5 Å². The number of methoxy groups -OCH3 is 1. The van der Waals surface area contributed by atoms with E-state index in [1.54, 1.807) is 48.5 Å². The maximum absolute atomic E-state index is 12.2. The Bertz CT molecular complexity index is 971. The van der Waals surface area contributed by atoms with Crippen molar-refractivity contribution in [2.75, 3.05) is 7.11 Å². The smallest absolute Gasteiger partial charge is 0.872 e. The van der Waals surface area contributed by atoms with E-state index in [0.29, 0.717) is 22.5 Å². The fourth-order valence-corrected chi connectivity index (χ4v) is 2.34. The Balaban J connectivity index is 0.00000261. The number of rotatable bonds is 5. The molecule has 0 spiro atoms. The van der Waals surface area contributed by atoms with Crippen molar-refractivity contribution < 1.29 is 31.4 Å². The van der Waals surface area contributed by atoms with Crippen LogP contribution < -0.4 is 14.9 Å². The molecule has 0 amide bonds. The van der Waals surface area contributed by atoms with Crippen molar-refractivity contribution in [1.82, 2.24) is 0 Å². The average molecular weight is 403 g/mol. The molecule has 5 nitrogen and oxygen atoms in total. The molecule has 0 saturated heterocycles. The normalized spacial score (nSPS) is 10.9. The van der Waals surface area contributed by atoms with Gasteiger partial charge in [-0.05, 0) is 29.3 Å². The van der Waals surface area contributed by atoms with Crippen LogP contribution in [0.15, 0.2) is 76.7 Å². The molecule has 27 heavy (non-hydrogen) atoms. The minimum atomic E-state index is -0.222. The summed E-state index contributed by atoms with van der Waals surface area (Å²) in [6.07, 6.45) is 3.00. The quantitative estimate of drug-likeness (QED) is 0.484. The molecule has 138 valence electrons. The first-order valence-electron chi connectivity index (χ1n) is 7.96. The first-order valence-corrected chi connectivity index (χ1v) is 7.96. The fraction of sp³-hybridized carbons (Fsp3) is 0.0476. The molecule has 6 heteroatoms. The van der Waals surface area contributed by atoms with Gasteiger partial charge in [0.1, 0.15) is 5.75 Å². The summed E-state index contributed by atoms with van der Waals surface area (Å²) >= 11 is 0. The van der Waals surface area contributed by atoms with E-state index in [-0.39, 0.29) is 33.7 Å². The topological polar surface area (TPSA) is 80.1 Å². The molecule has 0 bridgehead atoms. The van der Waals surface area contributed by atoms with Crippen molar-refractivity contribution in [1.29, 1.82) is 0 Å². The molecule has 0 aromatic heterocycles. The van der Waals surface area contributed by atoms with Gasteiger partial charge in [0.15, 0.2) is 0 Å². The molecule has 0 atom stereocenters. The number of ether oxygens (including phenoxy) is 1. The zero-order valence-electron chi connectivity index (χ0n) is 14.4. The molecule has 0 aliphatic heterocycles. The number of hydrogen-bond donors (Lipinski definition) is 0. The molecular formula is C21H16N2NiO3. The third-order valence-electron chi connectivity index (χ3n) is 3.72. The van der Waals surface area contributed by atoms with Crippen molar-refractivity contribution in [2.24, 2.45) is 9.98 Å². The van der Waals surface area contributed by atoms with Crippen LogP contribution in [0.3, 0.4) is 0 Å². The van der Waals surface area contributed by atoms with Gasteiger partial charge in [-0.25, -0.2) is 0 Å². The molecule has 0 aliphatic carbocycles. The molecule has 0 heterocycles. The summed E-state index contributed by atoms with van der Waals surface area (Å²) in [6.45, 7) is 0. The Hall–Kier alpha value is -3.11. The third kappa shape index (κ3) is 4.96. The summed E-state index contributed by atoms with van der Waals surface area (Å²) in [7, 11) is 1.45. The molecule has 0 saturated carbocycles. The van der Waals surface area contributed by atoms with Gasteiger partial charge in [0.25, 0.3) is 0 Å². The minimum absolute atomic E-state index is 0. The fourth-order valence-electron chi connectivity index (χ4n) is 2.34. The van der Waals surface area contributed by atoms with Gasteiger partial charge in [-0.1, -0.05) is 54.3 Å². The first-order chi connectivity index (χ1) is 12.7. The van der Waals surface area contributed by atoms with Crippen molar-refractivity contribution in [2.45, 2.75) is 0 Å². The van der Waals surface area contributed by atoms with Gasteiger partial charge in [-0.3, -0.25) is 9.98 Å². The molecule has 3 aromatic rings. The second-order valence-electron chi connectivity index (χ2n) is 5.42. The summed E-state index contributed by atoms with van der Waals surface area (Å²) in [5.74, 6) is -0.0445. The predicted octanol–water partition coefficient (Wildman–Crippen LogP) is 3.34. The molecule has 0 N–H and O–H groups in total. The van der Waals surface area contributed by atoms with E-state index in [1.807, 2.05) is 12.1 Å². The van der Waals surface area contributed by atoms with E-state index < -0.39 is 0 Å². The van der Waals surface area contributed by atoms with Crippen LogP contribution in [0.25, 0.3) is 0 Å². The molecule has 0 fully saturated rings. The minimum Gasteiger partial charge on any atom is -0.872 e.